The number of para-hydroxylation sites is 1. The Labute approximate surface area is 95.8 Å². The van der Waals surface area contributed by atoms with E-state index in [1.807, 2.05) is 13.8 Å². The summed E-state index contributed by atoms with van der Waals surface area (Å²) >= 11 is 0. The van der Waals surface area contributed by atoms with E-state index in [0.29, 0.717) is 24.4 Å². The molecule has 1 unspecified atom stereocenters. The van der Waals surface area contributed by atoms with Crippen LogP contribution in [0.1, 0.15) is 24.2 Å². The Balaban J connectivity index is 2.50. The second-order valence-electron chi connectivity index (χ2n) is 3.56. The van der Waals surface area contributed by atoms with Crippen molar-refractivity contribution in [2.45, 2.75) is 20.0 Å². The lowest BCUT2D eigenvalue weighted by molar-refractivity contribution is 0.0695. The number of hydrogen-bond acceptors (Lipinski definition) is 3. The molecule has 0 fully saturated rings. The molecule has 0 spiro atoms. The van der Waals surface area contributed by atoms with Crippen molar-refractivity contribution in [3.05, 3.63) is 29.8 Å². The molecule has 4 nitrogen and oxygen atoms in total. The molecule has 0 aliphatic heterocycles. The minimum absolute atomic E-state index is 0.0129. The standard InChI is InChI=1S/C12H18N2O2/c1-3-16-9(2)8-14-12(15)10-6-4-5-7-11(10)13/h4-7,9H,3,8,13H2,1-2H3,(H,14,15). The van der Waals surface area contributed by atoms with Crippen LogP contribution >= 0.6 is 0 Å². The second kappa shape index (κ2) is 6.12. The van der Waals surface area contributed by atoms with Crippen molar-refractivity contribution >= 4 is 11.6 Å². The van der Waals surface area contributed by atoms with E-state index in [1.165, 1.54) is 0 Å². The van der Waals surface area contributed by atoms with E-state index in [-0.39, 0.29) is 12.0 Å². The number of anilines is 1. The highest BCUT2D eigenvalue weighted by Gasteiger charge is 2.09. The van der Waals surface area contributed by atoms with Gasteiger partial charge in [0.15, 0.2) is 0 Å². The van der Waals surface area contributed by atoms with Crippen LogP contribution in [0.2, 0.25) is 0 Å². The van der Waals surface area contributed by atoms with Gasteiger partial charge in [0.2, 0.25) is 0 Å². The fourth-order valence-corrected chi connectivity index (χ4v) is 1.38. The summed E-state index contributed by atoms with van der Waals surface area (Å²) in [6.07, 6.45) is 0.0129. The van der Waals surface area contributed by atoms with E-state index in [1.54, 1.807) is 24.3 Å². The monoisotopic (exact) mass is 222 g/mol. The van der Waals surface area contributed by atoms with Crippen molar-refractivity contribution in [3.63, 3.8) is 0 Å². The summed E-state index contributed by atoms with van der Waals surface area (Å²) < 4.78 is 5.31. The van der Waals surface area contributed by atoms with Crippen LogP contribution < -0.4 is 11.1 Å². The molecule has 1 aromatic carbocycles. The predicted octanol–water partition coefficient (Wildman–Crippen LogP) is 1.42. The molecular weight excluding hydrogens is 204 g/mol. The predicted molar refractivity (Wildman–Crippen MR) is 64.3 cm³/mol. The average Bonchev–Trinajstić information content (AvgIpc) is 2.27. The molecule has 4 heteroatoms. The maximum Gasteiger partial charge on any atom is 0.253 e. The molecule has 1 amide bonds. The number of nitrogens with two attached hydrogens (primary N) is 1. The van der Waals surface area contributed by atoms with Crippen LogP contribution in [0.15, 0.2) is 24.3 Å². The number of nitrogen functional groups attached to an aromatic ring is 1. The van der Waals surface area contributed by atoms with Gasteiger partial charge in [-0.1, -0.05) is 12.1 Å². The minimum Gasteiger partial charge on any atom is -0.398 e. The maximum absolute atomic E-state index is 11.7. The SMILES string of the molecule is CCOC(C)CNC(=O)c1ccccc1N. The lowest BCUT2D eigenvalue weighted by Gasteiger charge is -2.13. The third-order valence-corrected chi connectivity index (χ3v) is 2.21. The van der Waals surface area contributed by atoms with E-state index in [4.69, 9.17) is 10.5 Å². The summed E-state index contributed by atoms with van der Waals surface area (Å²) in [7, 11) is 0. The molecule has 88 valence electrons. The first-order chi connectivity index (χ1) is 7.65. The quantitative estimate of drug-likeness (QED) is 0.741. The van der Waals surface area contributed by atoms with Gasteiger partial charge in [0, 0.05) is 18.8 Å². The zero-order valence-electron chi connectivity index (χ0n) is 9.69. The molecule has 3 N–H and O–H groups in total. The number of carbonyl (C=O) groups is 1. The van der Waals surface area contributed by atoms with Crippen molar-refractivity contribution in [3.8, 4) is 0 Å². The first-order valence-corrected chi connectivity index (χ1v) is 5.39. The highest BCUT2D eigenvalue weighted by atomic mass is 16.5. The fraction of sp³-hybridized carbons (Fsp3) is 0.417. The van der Waals surface area contributed by atoms with Gasteiger partial charge in [-0.2, -0.15) is 0 Å². The first kappa shape index (κ1) is 12.5. The van der Waals surface area contributed by atoms with Crippen LogP contribution in [0, 0.1) is 0 Å². The Kier molecular flexibility index (Phi) is 4.79. The van der Waals surface area contributed by atoms with Crippen molar-refractivity contribution < 1.29 is 9.53 Å². The molecule has 0 aliphatic carbocycles. The normalized spacial score (nSPS) is 12.1. The summed E-state index contributed by atoms with van der Waals surface area (Å²) in [5.74, 6) is -0.162. The minimum atomic E-state index is -0.162. The summed E-state index contributed by atoms with van der Waals surface area (Å²) in [4.78, 5) is 11.7. The molecule has 16 heavy (non-hydrogen) atoms. The zero-order valence-corrected chi connectivity index (χ0v) is 9.69. The summed E-state index contributed by atoms with van der Waals surface area (Å²) in [5.41, 5.74) is 6.69. The Morgan fingerprint density at radius 1 is 1.50 bits per heavy atom. The largest absolute Gasteiger partial charge is 0.398 e. The molecule has 1 atom stereocenters. The Morgan fingerprint density at radius 2 is 2.19 bits per heavy atom. The number of benzene rings is 1. The maximum atomic E-state index is 11.7. The van der Waals surface area contributed by atoms with Crippen molar-refractivity contribution in [1.82, 2.24) is 5.32 Å². The highest BCUT2D eigenvalue weighted by molar-refractivity contribution is 5.99. The number of hydrogen-bond donors (Lipinski definition) is 2. The van der Waals surface area contributed by atoms with Gasteiger partial charge in [0.05, 0.1) is 11.7 Å². The van der Waals surface area contributed by atoms with Crippen LogP contribution in [0.5, 0.6) is 0 Å². The van der Waals surface area contributed by atoms with Gasteiger partial charge < -0.3 is 15.8 Å². The number of carbonyl (C=O) groups excluding carboxylic acids is 1. The van der Waals surface area contributed by atoms with Gasteiger partial charge in [0.25, 0.3) is 5.91 Å². The van der Waals surface area contributed by atoms with Crippen LogP contribution in [0.3, 0.4) is 0 Å². The smallest absolute Gasteiger partial charge is 0.253 e. The topological polar surface area (TPSA) is 64.3 Å². The van der Waals surface area contributed by atoms with Gasteiger partial charge in [-0.15, -0.1) is 0 Å². The average molecular weight is 222 g/mol. The molecular formula is C12H18N2O2. The third-order valence-electron chi connectivity index (χ3n) is 2.21. The number of ether oxygens (including phenoxy) is 1. The molecule has 1 aromatic rings. The van der Waals surface area contributed by atoms with E-state index >= 15 is 0 Å². The fourth-order valence-electron chi connectivity index (χ4n) is 1.38. The van der Waals surface area contributed by atoms with E-state index in [0.717, 1.165) is 0 Å². The van der Waals surface area contributed by atoms with E-state index in [9.17, 15) is 4.79 Å². The molecule has 0 saturated heterocycles. The Hall–Kier alpha value is -1.55. The van der Waals surface area contributed by atoms with Crippen molar-refractivity contribution in [1.29, 1.82) is 0 Å². The van der Waals surface area contributed by atoms with Crippen LogP contribution in [0.25, 0.3) is 0 Å². The van der Waals surface area contributed by atoms with Crippen molar-refractivity contribution in [2.75, 3.05) is 18.9 Å². The summed E-state index contributed by atoms with van der Waals surface area (Å²) in [5, 5.41) is 2.78. The number of amides is 1. The number of nitrogens with one attached hydrogen (secondary N) is 1. The Morgan fingerprint density at radius 3 is 2.81 bits per heavy atom. The molecule has 0 aliphatic rings. The molecule has 0 bridgehead atoms. The summed E-state index contributed by atoms with van der Waals surface area (Å²) in [6.45, 7) is 4.97. The lowest BCUT2D eigenvalue weighted by atomic mass is 10.1. The second-order valence-corrected chi connectivity index (χ2v) is 3.56. The van der Waals surface area contributed by atoms with Crippen molar-refractivity contribution in [2.24, 2.45) is 0 Å². The summed E-state index contributed by atoms with van der Waals surface area (Å²) in [6, 6.07) is 7.00. The Bertz CT molecular complexity index is 353. The van der Waals surface area contributed by atoms with E-state index < -0.39 is 0 Å². The van der Waals surface area contributed by atoms with Crippen LogP contribution in [-0.4, -0.2) is 25.2 Å². The van der Waals surface area contributed by atoms with Gasteiger partial charge >= 0.3 is 0 Å². The number of rotatable bonds is 5. The van der Waals surface area contributed by atoms with Gasteiger partial charge in [-0.3, -0.25) is 4.79 Å². The van der Waals surface area contributed by atoms with Gasteiger partial charge in [-0.25, -0.2) is 0 Å². The van der Waals surface area contributed by atoms with E-state index in [2.05, 4.69) is 5.32 Å². The van der Waals surface area contributed by atoms with Crippen LogP contribution in [0.4, 0.5) is 5.69 Å². The van der Waals surface area contributed by atoms with Crippen LogP contribution in [-0.2, 0) is 4.74 Å². The molecule has 1 rings (SSSR count). The third kappa shape index (κ3) is 3.55. The van der Waals surface area contributed by atoms with Gasteiger partial charge in [-0.05, 0) is 26.0 Å². The zero-order chi connectivity index (χ0) is 12.0. The first-order valence-electron chi connectivity index (χ1n) is 5.39. The highest BCUT2D eigenvalue weighted by Crippen LogP contribution is 2.09. The molecule has 0 aromatic heterocycles. The molecule has 0 saturated carbocycles. The molecule has 0 heterocycles. The molecule has 0 radical (unpaired) electrons. The lowest BCUT2D eigenvalue weighted by Crippen LogP contribution is -2.32. The van der Waals surface area contributed by atoms with Gasteiger partial charge in [0.1, 0.15) is 0 Å².